The van der Waals surface area contributed by atoms with E-state index < -0.39 is 0 Å². The number of benzene rings is 1. The first-order valence-corrected chi connectivity index (χ1v) is 8.27. The molecule has 1 fully saturated rings. The summed E-state index contributed by atoms with van der Waals surface area (Å²) in [7, 11) is 2.03. The number of ether oxygens (including phenoxy) is 1. The van der Waals surface area contributed by atoms with E-state index in [9.17, 15) is 0 Å². The summed E-state index contributed by atoms with van der Waals surface area (Å²) in [5.74, 6) is 0. The number of rotatable bonds is 6. The Morgan fingerprint density at radius 2 is 2.00 bits per heavy atom. The summed E-state index contributed by atoms with van der Waals surface area (Å²) in [6.07, 6.45) is 2.58. The summed E-state index contributed by atoms with van der Waals surface area (Å²) in [6, 6.07) is 9.87. The average molecular weight is 290 g/mol. The van der Waals surface area contributed by atoms with Gasteiger partial charge >= 0.3 is 0 Å². The Morgan fingerprint density at radius 1 is 1.29 bits per heavy atom. The maximum atomic E-state index is 6.04. The smallest absolute Gasteiger partial charge is 0.0896 e. The maximum absolute atomic E-state index is 6.04. The number of nitrogens with zero attached hydrogens (tertiary/aromatic N) is 1. The van der Waals surface area contributed by atoms with Gasteiger partial charge in [-0.1, -0.05) is 37.6 Å². The molecule has 1 aliphatic heterocycles. The standard InChI is InChI=1S/C18H30N2O/c1-5-6-15-7-9-16(10-8-15)18(19-4)17-13-20(14(2)3)11-12-21-17/h7-10,14,17-19H,5-6,11-13H2,1-4H3. The van der Waals surface area contributed by atoms with Gasteiger partial charge in [0.05, 0.1) is 18.8 Å². The van der Waals surface area contributed by atoms with Crippen molar-refractivity contribution in [2.75, 3.05) is 26.7 Å². The van der Waals surface area contributed by atoms with Crippen LogP contribution in [0.2, 0.25) is 0 Å². The molecule has 2 rings (SSSR count). The lowest BCUT2D eigenvalue weighted by atomic mass is 9.97. The Bertz CT molecular complexity index is 416. The number of hydrogen-bond donors (Lipinski definition) is 1. The third-order valence-electron chi connectivity index (χ3n) is 4.42. The summed E-state index contributed by atoms with van der Waals surface area (Å²) in [6.45, 7) is 9.61. The van der Waals surface area contributed by atoms with E-state index in [1.165, 1.54) is 17.5 Å². The van der Waals surface area contributed by atoms with Gasteiger partial charge in [-0.2, -0.15) is 0 Å². The third kappa shape index (κ3) is 4.29. The Labute approximate surface area is 129 Å². The van der Waals surface area contributed by atoms with Crippen LogP contribution in [0.3, 0.4) is 0 Å². The summed E-state index contributed by atoms with van der Waals surface area (Å²) < 4.78 is 6.04. The van der Waals surface area contributed by atoms with Crippen LogP contribution < -0.4 is 5.32 Å². The monoisotopic (exact) mass is 290 g/mol. The molecule has 0 saturated carbocycles. The first-order chi connectivity index (χ1) is 10.2. The van der Waals surface area contributed by atoms with Gasteiger partial charge in [-0.15, -0.1) is 0 Å². The van der Waals surface area contributed by atoms with Gasteiger partial charge in [0.25, 0.3) is 0 Å². The van der Waals surface area contributed by atoms with E-state index in [0.29, 0.717) is 6.04 Å². The van der Waals surface area contributed by atoms with Crippen LogP contribution in [0.1, 0.15) is 44.4 Å². The zero-order valence-electron chi connectivity index (χ0n) is 13.9. The van der Waals surface area contributed by atoms with E-state index in [1.54, 1.807) is 0 Å². The first kappa shape index (κ1) is 16.5. The molecule has 21 heavy (non-hydrogen) atoms. The molecule has 3 nitrogen and oxygen atoms in total. The summed E-state index contributed by atoms with van der Waals surface area (Å²) in [5, 5.41) is 3.45. The molecule has 1 heterocycles. The lowest BCUT2D eigenvalue weighted by Gasteiger charge is -2.39. The molecule has 1 aromatic carbocycles. The van der Waals surface area contributed by atoms with Gasteiger partial charge < -0.3 is 10.1 Å². The lowest BCUT2D eigenvalue weighted by Crippen LogP contribution is -2.49. The van der Waals surface area contributed by atoms with Crippen LogP contribution in [0, 0.1) is 0 Å². The Hall–Kier alpha value is -0.900. The Morgan fingerprint density at radius 3 is 2.57 bits per heavy atom. The van der Waals surface area contributed by atoms with Crippen LogP contribution in [-0.4, -0.2) is 43.8 Å². The third-order valence-corrected chi connectivity index (χ3v) is 4.42. The number of likely N-dealkylation sites (N-methyl/N-ethyl adjacent to an activating group) is 1. The van der Waals surface area contributed by atoms with Crippen molar-refractivity contribution in [3.63, 3.8) is 0 Å². The van der Waals surface area contributed by atoms with E-state index >= 15 is 0 Å². The van der Waals surface area contributed by atoms with E-state index in [-0.39, 0.29) is 12.1 Å². The van der Waals surface area contributed by atoms with E-state index in [4.69, 9.17) is 4.74 Å². The molecule has 2 atom stereocenters. The van der Waals surface area contributed by atoms with Crippen molar-refractivity contribution in [3.8, 4) is 0 Å². The van der Waals surface area contributed by atoms with Crippen molar-refractivity contribution >= 4 is 0 Å². The van der Waals surface area contributed by atoms with E-state index in [2.05, 4.69) is 55.3 Å². The van der Waals surface area contributed by atoms with Crippen LogP contribution in [0.5, 0.6) is 0 Å². The minimum absolute atomic E-state index is 0.225. The van der Waals surface area contributed by atoms with Crippen molar-refractivity contribution in [1.29, 1.82) is 0 Å². The number of aryl methyl sites for hydroxylation is 1. The van der Waals surface area contributed by atoms with Crippen LogP contribution in [0.15, 0.2) is 24.3 Å². The molecule has 2 unspecified atom stereocenters. The minimum Gasteiger partial charge on any atom is -0.374 e. The summed E-state index contributed by atoms with van der Waals surface area (Å²) in [4.78, 5) is 2.50. The molecule has 118 valence electrons. The zero-order valence-corrected chi connectivity index (χ0v) is 13.9. The van der Waals surface area contributed by atoms with Crippen LogP contribution >= 0.6 is 0 Å². The molecule has 0 aliphatic carbocycles. The Balaban J connectivity index is 2.07. The highest BCUT2D eigenvalue weighted by Gasteiger charge is 2.29. The molecular weight excluding hydrogens is 260 g/mol. The summed E-state index contributed by atoms with van der Waals surface area (Å²) in [5.41, 5.74) is 2.75. The highest BCUT2D eigenvalue weighted by molar-refractivity contribution is 5.26. The van der Waals surface area contributed by atoms with E-state index in [1.807, 2.05) is 7.05 Å². The molecule has 1 saturated heterocycles. The predicted octanol–water partition coefficient (Wildman–Crippen LogP) is 3.01. The second-order valence-corrected chi connectivity index (χ2v) is 6.26. The van der Waals surface area contributed by atoms with Crippen molar-refractivity contribution in [1.82, 2.24) is 10.2 Å². The number of nitrogens with one attached hydrogen (secondary N) is 1. The molecule has 0 radical (unpaired) electrons. The maximum Gasteiger partial charge on any atom is 0.0896 e. The van der Waals surface area contributed by atoms with Gasteiger partial charge in [0, 0.05) is 19.1 Å². The average Bonchev–Trinajstić information content (AvgIpc) is 2.50. The molecule has 1 aliphatic rings. The van der Waals surface area contributed by atoms with Crippen molar-refractivity contribution in [2.24, 2.45) is 0 Å². The SMILES string of the molecule is CCCc1ccc(C(NC)C2CN(C(C)C)CCO2)cc1. The van der Waals surface area contributed by atoms with Crippen LogP contribution in [-0.2, 0) is 11.2 Å². The topological polar surface area (TPSA) is 24.5 Å². The summed E-state index contributed by atoms with van der Waals surface area (Å²) >= 11 is 0. The second kappa shape index (κ2) is 7.92. The van der Waals surface area contributed by atoms with Gasteiger partial charge in [-0.25, -0.2) is 0 Å². The Kier molecular flexibility index (Phi) is 6.22. The number of hydrogen-bond acceptors (Lipinski definition) is 3. The van der Waals surface area contributed by atoms with E-state index in [0.717, 1.165) is 26.1 Å². The van der Waals surface area contributed by atoms with Crippen LogP contribution in [0.4, 0.5) is 0 Å². The zero-order chi connectivity index (χ0) is 15.2. The fourth-order valence-corrected chi connectivity index (χ4v) is 3.11. The normalized spacial score (nSPS) is 21.7. The molecule has 1 N–H and O–H groups in total. The first-order valence-electron chi connectivity index (χ1n) is 8.27. The molecule has 1 aromatic rings. The molecule has 0 aromatic heterocycles. The fraction of sp³-hybridized carbons (Fsp3) is 0.667. The molecular formula is C18H30N2O. The van der Waals surface area contributed by atoms with Gasteiger partial charge in [-0.05, 0) is 38.4 Å². The van der Waals surface area contributed by atoms with Crippen LogP contribution in [0.25, 0.3) is 0 Å². The minimum atomic E-state index is 0.225. The predicted molar refractivity (Wildman–Crippen MR) is 88.7 cm³/mol. The quantitative estimate of drug-likeness (QED) is 0.871. The second-order valence-electron chi connectivity index (χ2n) is 6.26. The van der Waals surface area contributed by atoms with Gasteiger partial charge in [-0.3, -0.25) is 4.90 Å². The molecule has 0 amide bonds. The molecule has 3 heteroatoms. The highest BCUT2D eigenvalue weighted by atomic mass is 16.5. The van der Waals surface area contributed by atoms with Crippen molar-refractivity contribution in [3.05, 3.63) is 35.4 Å². The fourth-order valence-electron chi connectivity index (χ4n) is 3.11. The largest absolute Gasteiger partial charge is 0.374 e. The lowest BCUT2D eigenvalue weighted by molar-refractivity contribution is -0.0550. The number of morpholine rings is 1. The van der Waals surface area contributed by atoms with Gasteiger partial charge in [0.15, 0.2) is 0 Å². The molecule has 0 spiro atoms. The van der Waals surface area contributed by atoms with Gasteiger partial charge in [0.1, 0.15) is 0 Å². The van der Waals surface area contributed by atoms with Gasteiger partial charge in [0.2, 0.25) is 0 Å². The highest BCUT2D eigenvalue weighted by Crippen LogP contribution is 2.23. The van der Waals surface area contributed by atoms with Crippen molar-refractivity contribution < 1.29 is 4.74 Å². The molecule has 0 bridgehead atoms. The van der Waals surface area contributed by atoms with Crippen molar-refractivity contribution in [2.45, 2.75) is 51.8 Å².